The van der Waals surface area contributed by atoms with Crippen LogP contribution < -0.4 is 4.72 Å². The molecule has 7 heteroatoms. The first kappa shape index (κ1) is 15.6. The predicted molar refractivity (Wildman–Crippen MR) is 67.4 cm³/mol. The fourth-order valence-corrected chi connectivity index (χ4v) is 2.99. The maximum Gasteiger partial charge on any atom is 0.241 e. The van der Waals surface area contributed by atoms with Crippen molar-refractivity contribution in [3.05, 3.63) is 29.6 Å². The first-order valence-corrected chi connectivity index (χ1v) is 6.93. The van der Waals surface area contributed by atoms with Crippen LogP contribution in [0.3, 0.4) is 0 Å². The van der Waals surface area contributed by atoms with Crippen LogP contribution in [0.5, 0.6) is 0 Å². The highest BCUT2D eigenvalue weighted by molar-refractivity contribution is 7.89. The maximum atomic E-state index is 13.2. The van der Waals surface area contributed by atoms with Gasteiger partial charge in [-0.05, 0) is 32.0 Å². The van der Waals surface area contributed by atoms with Gasteiger partial charge < -0.3 is 4.74 Å². The molecular weight excluding hydrogens is 271 g/mol. The highest BCUT2D eigenvalue weighted by Crippen LogP contribution is 2.16. The van der Waals surface area contributed by atoms with Crippen LogP contribution in [0.1, 0.15) is 19.4 Å². The van der Waals surface area contributed by atoms with E-state index < -0.39 is 21.4 Å². The molecule has 0 saturated carbocycles. The van der Waals surface area contributed by atoms with Crippen molar-refractivity contribution in [1.29, 1.82) is 5.26 Å². The zero-order chi connectivity index (χ0) is 14.7. The largest absolute Gasteiger partial charge is 0.383 e. The van der Waals surface area contributed by atoms with Crippen molar-refractivity contribution in [3.8, 4) is 6.07 Å². The second-order valence-corrected chi connectivity index (χ2v) is 6.36. The minimum atomic E-state index is -3.84. The van der Waals surface area contributed by atoms with Crippen LogP contribution in [-0.4, -0.2) is 27.7 Å². The van der Waals surface area contributed by atoms with Crippen molar-refractivity contribution in [2.24, 2.45) is 0 Å². The van der Waals surface area contributed by atoms with E-state index in [1.165, 1.54) is 7.11 Å². The van der Waals surface area contributed by atoms with Gasteiger partial charge in [0.25, 0.3) is 0 Å². The molecule has 19 heavy (non-hydrogen) atoms. The number of methoxy groups -OCH3 is 1. The number of halogens is 1. The molecule has 1 N–H and O–H groups in total. The fourth-order valence-electron chi connectivity index (χ4n) is 1.57. The van der Waals surface area contributed by atoms with Crippen LogP contribution >= 0.6 is 0 Å². The average Bonchev–Trinajstić information content (AvgIpc) is 2.27. The lowest BCUT2D eigenvalue weighted by atomic mass is 10.1. The maximum absolute atomic E-state index is 13.2. The Bertz CT molecular complexity index is 606. The average molecular weight is 286 g/mol. The summed E-state index contributed by atoms with van der Waals surface area (Å²) in [6, 6.07) is 4.67. The molecule has 0 aliphatic heterocycles. The summed E-state index contributed by atoms with van der Waals surface area (Å²) in [6.07, 6.45) is 0. The first-order chi connectivity index (χ1) is 8.72. The van der Waals surface area contributed by atoms with Crippen LogP contribution in [0.2, 0.25) is 0 Å². The Morgan fingerprint density at radius 3 is 2.63 bits per heavy atom. The molecule has 0 bridgehead atoms. The quantitative estimate of drug-likeness (QED) is 0.887. The molecule has 0 unspecified atom stereocenters. The summed E-state index contributed by atoms with van der Waals surface area (Å²) in [5.41, 5.74) is -1.12. The standard InChI is InChI=1S/C12H15FN2O3S/c1-12(2,8-18-3)15-19(16,17)10-4-5-11(13)9(6-10)7-14/h4-6,15H,8H2,1-3H3. The topological polar surface area (TPSA) is 79.2 Å². The number of sulfonamides is 1. The van der Waals surface area contributed by atoms with Crippen molar-refractivity contribution in [2.45, 2.75) is 24.3 Å². The molecule has 0 atom stereocenters. The summed E-state index contributed by atoms with van der Waals surface area (Å²) < 4.78 is 44.7. The number of hydrogen-bond donors (Lipinski definition) is 1. The van der Waals surface area contributed by atoms with E-state index in [9.17, 15) is 12.8 Å². The van der Waals surface area contributed by atoms with Gasteiger partial charge in [-0.3, -0.25) is 0 Å². The van der Waals surface area contributed by atoms with E-state index >= 15 is 0 Å². The van der Waals surface area contributed by atoms with Gasteiger partial charge in [-0.15, -0.1) is 0 Å². The summed E-state index contributed by atoms with van der Waals surface area (Å²) in [6.45, 7) is 3.49. The van der Waals surface area contributed by atoms with Crippen LogP contribution in [0.4, 0.5) is 4.39 Å². The summed E-state index contributed by atoms with van der Waals surface area (Å²) in [4.78, 5) is -0.158. The molecule has 1 rings (SSSR count). The van der Waals surface area contributed by atoms with Crippen LogP contribution in [0, 0.1) is 17.1 Å². The molecule has 0 saturated heterocycles. The molecule has 0 radical (unpaired) electrons. The summed E-state index contributed by atoms with van der Waals surface area (Å²) in [7, 11) is -2.38. The van der Waals surface area contributed by atoms with Crippen molar-refractivity contribution in [1.82, 2.24) is 4.72 Å². The molecule has 0 spiro atoms. The van der Waals surface area contributed by atoms with Gasteiger partial charge in [-0.2, -0.15) is 5.26 Å². The van der Waals surface area contributed by atoms with Gasteiger partial charge in [-0.1, -0.05) is 0 Å². The van der Waals surface area contributed by atoms with Crippen LogP contribution in [0.15, 0.2) is 23.1 Å². The lowest BCUT2D eigenvalue weighted by Crippen LogP contribution is -2.46. The van der Waals surface area contributed by atoms with Crippen molar-refractivity contribution < 1.29 is 17.5 Å². The molecule has 0 aliphatic rings. The van der Waals surface area contributed by atoms with Crippen molar-refractivity contribution >= 4 is 10.0 Å². The molecule has 1 aromatic carbocycles. The van der Waals surface area contributed by atoms with Crippen molar-refractivity contribution in [2.75, 3.05) is 13.7 Å². The van der Waals surface area contributed by atoms with E-state index in [2.05, 4.69) is 4.72 Å². The second kappa shape index (κ2) is 5.65. The van der Waals surface area contributed by atoms with Gasteiger partial charge in [0.1, 0.15) is 11.9 Å². The number of nitrogens with zero attached hydrogens (tertiary/aromatic N) is 1. The normalized spacial score (nSPS) is 12.2. The lowest BCUT2D eigenvalue weighted by Gasteiger charge is -2.24. The molecule has 0 aliphatic carbocycles. The number of ether oxygens (including phenoxy) is 1. The van der Waals surface area contributed by atoms with Crippen LogP contribution in [0.25, 0.3) is 0 Å². The second-order valence-electron chi connectivity index (χ2n) is 4.68. The molecule has 0 fully saturated rings. The predicted octanol–water partition coefficient (Wildman–Crippen LogP) is 1.40. The van der Waals surface area contributed by atoms with E-state index in [0.29, 0.717) is 0 Å². The highest BCUT2D eigenvalue weighted by atomic mass is 32.2. The minimum Gasteiger partial charge on any atom is -0.383 e. The fraction of sp³-hybridized carbons (Fsp3) is 0.417. The third-order valence-corrected chi connectivity index (χ3v) is 3.98. The molecule has 5 nitrogen and oxygen atoms in total. The Balaban J connectivity index is 3.12. The zero-order valence-corrected chi connectivity index (χ0v) is 11.7. The molecule has 1 aromatic rings. The highest BCUT2D eigenvalue weighted by Gasteiger charge is 2.26. The van der Waals surface area contributed by atoms with E-state index in [4.69, 9.17) is 10.00 Å². The van der Waals surface area contributed by atoms with Gasteiger partial charge in [0.15, 0.2) is 0 Å². The Morgan fingerprint density at radius 2 is 2.11 bits per heavy atom. The summed E-state index contributed by atoms with van der Waals surface area (Å²) in [5, 5.41) is 8.70. The number of hydrogen-bond acceptors (Lipinski definition) is 4. The van der Waals surface area contributed by atoms with Crippen molar-refractivity contribution in [3.63, 3.8) is 0 Å². The smallest absolute Gasteiger partial charge is 0.241 e. The SMILES string of the molecule is COCC(C)(C)NS(=O)(=O)c1ccc(F)c(C#N)c1. The molecule has 0 amide bonds. The number of nitrogens with one attached hydrogen (secondary N) is 1. The van der Waals surface area contributed by atoms with E-state index in [1.54, 1.807) is 19.9 Å². The third-order valence-electron chi connectivity index (χ3n) is 2.28. The summed E-state index contributed by atoms with van der Waals surface area (Å²) in [5.74, 6) is -0.752. The minimum absolute atomic E-state index is 0.158. The van der Waals surface area contributed by atoms with Gasteiger partial charge in [-0.25, -0.2) is 17.5 Å². The Labute approximate surface area is 112 Å². The van der Waals surface area contributed by atoms with E-state index in [-0.39, 0.29) is 17.1 Å². The molecule has 0 aromatic heterocycles. The van der Waals surface area contributed by atoms with Gasteiger partial charge >= 0.3 is 0 Å². The zero-order valence-electron chi connectivity index (χ0n) is 10.9. The first-order valence-electron chi connectivity index (χ1n) is 5.44. The summed E-state index contributed by atoms with van der Waals surface area (Å²) >= 11 is 0. The van der Waals surface area contributed by atoms with E-state index in [0.717, 1.165) is 18.2 Å². The monoisotopic (exact) mass is 286 g/mol. The van der Waals surface area contributed by atoms with E-state index in [1.807, 2.05) is 0 Å². The number of benzene rings is 1. The van der Waals surface area contributed by atoms with Gasteiger partial charge in [0.2, 0.25) is 10.0 Å². The van der Waals surface area contributed by atoms with Gasteiger partial charge in [0.05, 0.1) is 22.6 Å². The Kier molecular flexibility index (Phi) is 4.63. The molecule has 104 valence electrons. The third kappa shape index (κ3) is 3.99. The number of nitriles is 1. The lowest BCUT2D eigenvalue weighted by molar-refractivity contribution is 0.141. The molecule has 0 heterocycles. The van der Waals surface area contributed by atoms with Crippen LogP contribution in [-0.2, 0) is 14.8 Å². The Morgan fingerprint density at radius 1 is 1.47 bits per heavy atom. The van der Waals surface area contributed by atoms with Gasteiger partial charge in [0, 0.05) is 7.11 Å². The molecular formula is C12H15FN2O3S. The Hall–Kier alpha value is -1.49. The number of rotatable bonds is 5.